The molecule has 1 aromatic carbocycles. The highest BCUT2D eigenvalue weighted by molar-refractivity contribution is 5.94. The Morgan fingerprint density at radius 1 is 1.00 bits per heavy atom. The van der Waals surface area contributed by atoms with Crippen LogP contribution in [0.2, 0.25) is 0 Å². The number of nitrogens with zero attached hydrogens (tertiary/aromatic N) is 1. The van der Waals surface area contributed by atoms with Crippen LogP contribution >= 0.6 is 0 Å². The number of hydrogen-bond donors (Lipinski definition) is 1. The summed E-state index contributed by atoms with van der Waals surface area (Å²) in [6.45, 7) is 3.06. The van der Waals surface area contributed by atoms with Crippen LogP contribution in [0.4, 0.5) is 13.2 Å². The first-order chi connectivity index (χ1) is 13.3. The van der Waals surface area contributed by atoms with Crippen molar-refractivity contribution in [1.82, 2.24) is 10.2 Å². The first-order valence-corrected chi connectivity index (χ1v) is 10.0. The summed E-state index contributed by atoms with van der Waals surface area (Å²) >= 11 is 0. The molecule has 1 saturated carbocycles. The predicted octanol–water partition coefficient (Wildman–Crippen LogP) is 4.25. The van der Waals surface area contributed by atoms with Crippen LogP contribution in [0.3, 0.4) is 0 Å². The molecule has 0 unspecified atom stereocenters. The lowest BCUT2D eigenvalue weighted by atomic mass is 9.85. The number of nitrogens with one attached hydrogen (secondary N) is 1. The van der Waals surface area contributed by atoms with Crippen molar-refractivity contribution in [3.8, 4) is 0 Å². The lowest BCUT2D eigenvalue weighted by molar-refractivity contribution is -0.137. The van der Waals surface area contributed by atoms with Gasteiger partial charge in [-0.3, -0.25) is 9.59 Å². The second-order valence-corrected chi connectivity index (χ2v) is 8.02. The van der Waals surface area contributed by atoms with Crippen LogP contribution in [-0.2, 0) is 11.0 Å². The monoisotopic (exact) mass is 396 g/mol. The maximum absolute atomic E-state index is 12.7. The largest absolute Gasteiger partial charge is 0.416 e. The van der Waals surface area contributed by atoms with E-state index in [2.05, 4.69) is 12.2 Å². The molecule has 2 aliphatic rings. The second-order valence-electron chi connectivity index (χ2n) is 8.02. The molecule has 0 bridgehead atoms. The maximum atomic E-state index is 12.7. The number of carbonyl (C=O) groups is 2. The van der Waals surface area contributed by atoms with Crippen LogP contribution in [-0.4, -0.2) is 35.8 Å². The van der Waals surface area contributed by atoms with Crippen LogP contribution in [0.5, 0.6) is 0 Å². The number of likely N-dealkylation sites (tertiary alicyclic amines) is 1. The first kappa shape index (κ1) is 20.7. The summed E-state index contributed by atoms with van der Waals surface area (Å²) in [6.07, 6.45) is 1.29. The molecule has 1 aliphatic carbocycles. The van der Waals surface area contributed by atoms with E-state index in [1.165, 1.54) is 18.6 Å². The van der Waals surface area contributed by atoms with Gasteiger partial charge in [0.05, 0.1) is 5.56 Å². The van der Waals surface area contributed by atoms with E-state index >= 15 is 0 Å². The van der Waals surface area contributed by atoms with E-state index < -0.39 is 11.7 Å². The van der Waals surface area contributed by atoms with Gasteiger partial charge in [0.2, 0.25) is 5.91 Å². The number of benzene rings is 1. The van der Waals surface area contributed by atoms with Gasteiger partial charge >= 0.3 is 6.18 Å². The summed E-state index contributed by atoms with van der Waals surface area (Å²) in [5, 5.41) is 3.19. The third-order valence-electron chi connectivity index (χ3n) is 6.05. The zero-order valence-electron chi connectivity index (χ0n) is 16.1. The van der Waals surface area contributed by atoms with Gasteiger partial charge in [-0.1, -0.05) is 19.8 Å². The van der Waals surface area contributed by atoms with Crippen molar-refractivity contribution >= 4 is 11.8 Å². The second kappa shape index (κ2) is 8.53. The van der Waals surface area contributed by atoms with Crippen molar-refractivity contribution < 1.29 is 22.8 Å². The zero-order chi connectivity index (χ0) is 20.3. The van der Waals surface area contributed by atoms with E-state index in [0.29, 0.717) is 31.8 Å². The molecule has 1 aromatic rings. The summed E-state index contributed by atoms with van der Waals surface area (Å²) in [4.78, 5) is 26.7. The van der Waals surface area contributed by atoms with Crippen molar-refractivity contribution in [2.45, 2.75) is 57.7 Å². The van der Waals surface area contributed by atoms with E-state index in [9.17, 15) is 22.8 Å². The number of amides is 2. The summed E-state index contributed by atoms with van der Waals surface area (Å²) < 4.78 is 38.0. The number of piperidine rings is 1. The van der Waals surface area contributed by atoms with Gasteiger partial charge < -0.3 is 10.2 Å². The van der Waals surface area contributed by atoms with Crippen LogP contribution in [0.25, 0.3) is 0 Å². The molecule has 0 aromatic heterocycles. The van der Waals surface area contributed by atoms with Crippen LogP contribution in [0.1, 0.15) is 61.4 Å². The van der Waals surface area contributed by atoms with Crippen LogP contribution in [0, 0.1) is 11.8 Å². The maximum Gasteiger partial charge on any atom is 0.416 e. The summed E-state index contributed by atoms with van der Waals surface area (Å²) in [6, 6.07) is 4.54. The lowest BCUT2D eigenvalue weighted by Crippen LogP contribution is -2.47. The molecule has 7 heteroatoms. The number of hydrogen-bond acceptors (Lipinski definition) is 2. The van der Waals surface area contributed by atoms with Crippen molar-refractivity contribution in [2.75, 3.05) is 13.1 Å². The number of carbonyl (C=O) groups excluding carboxylic acids is 2. The van der Waals surface area contributed by atoms with Crippen LogP contribution in [0.15, 0.2) is 24.3 Å². The SMILES string of the molecule is C[C@H]1CCCC[C@H]1NC(=O)C1CCN(C(=O)c2ccc(C(F)(F)F)cc2)CC1. The molecule has 2 fully saturated rings. The third-order valence-corrected chi connectivity index (χ3v) is 6.05. The Kier molecular flexibility index (Phi) is 6.30. The molecule has 3 rings (SSSR count). The fourth-order valence-electron chi connectivity index (χ4n) is 4.16. The van der Waals surface area contributed by atoms with E-state index in [-0.39, 0.29) is 29.3 Å². The average molecular weight is 396 g/mol. The fraction of sp³-hybridized carbons (Fsp3) is 0.619. The molecule has 1 aliphatic heterocycles. The predicted molar refractivity (Wildman–Crippen MR) is 99.6 cm³/mol. The molecule has 2 atom stereocenters. The van der Waals surface area contributed by atoms with Gasteiger partial charge in [0.1, 0.15) is 0 Å². The molecular formula is C21H27F3N2O2. The van der Waals surface area contributed by atoms with Gasteiger partial charge in [0.25, 0.3) is 5.91 Å². The normalized spacial score (nSPS) is 24.1. The molecule has 0 radical (unpaired) electrons. The quantitative estimate of drug-likeness (QED) is 0.830. The zero-order valence-corrected chi connectivity index (χ0v) is 16.1. The Morgan fingerprint density at radius 2 is 1.61 bits per heavy atom. The Labute approximate surface area is 163 Å². The smallest absolute Gasteiger partial charge is 0.353 e. The Morgan fingerprint density at radius 3 is 2.18 bits per heavy atom. The van der Waals surface area contributed by atoms with Crippen molar-refractivity contribution in [3.05, 3.63) is 35.4 Å². The first-order valence-electron chi connectivity index (χ1n) is 10.0. The fourth-order valence-corrected chi connectivity index (χ4v) is 4.16. The van der Waals surface area contributed by atoms with Gasteiger partial charge in [-0.15, -0.1) is 0 Å². The van der Waals surface area contributed by atoms with Crippen LogP contribution < -0.4 is 5.32 Å². The molecule has 154 valence electrons. The van der Waals surface area contributed by atoms with E-state index in [0.717, 1.165) is 31.4 Å². The molecule has 1 saturated heterocycles. The Balaban J connectivity index is 1.51. The van der Waals surface area contributed by atoms with Gasteiger partial charge in [0, 0.05) is 30.6 Å². The van der Waals surface area contributed by atoms with E-state index in [1.54, 1.807) is 4.90 Å². The number of halogens is 3. The molecule has 28 heavy (non-hydrogen) atoms. The topological polar surface area (TPSA) is 49.4 Å². The van der Waals surface area contributed by atoms with Gasteiger partial charge in [-0.25, -0.2) is 0 Å². The van der Waals surface area contributed by atoms with E-state index in [1.807, 2.05) is 0 Å². The van der Waals surface area contributed by atoms with E-state index in [4.69, 9.17) is 0 Å². The highest BCUT2D eigenvalue weighted by Gasteiger charge is 2.32. The highest BCUT2D eigenvalue weighted by atomic mass is 19.4. The van der Waals surface area contributed by atoms with Gasteiger partial charge in [0.15, 0.2) is 0 Å². The number of alkyl halides is 3. The average Bonchev–Trinajstić information content (AvgIpc) is 2.69. The minimum absolute atomic E-state index is 0.0698. The van der Waals surface area contributed by atoms with Crippen molar-refractivity contribution in [1.29, 1.82) is 0 Å². The van der Waals surface area contributed by atoms with Crippen molar-refractivity contribution in [3.63, 3.8) is 0 Å². The molecular weight excluding hydrogens is 369 g/mol. The third kappa shape index (κ3) is 4.86. The molecule has 2 amide bonds. The van der Waals surface area contributed by atoms with Gasteiger partial charge in [-0.2, -0.15) is 13.2 Å². The summed E-state index contributed by atoms with van der Waals surface area (Å²) in [5.41, 5.74) is -0.525. The van der Waals surface area contributed by atoms with Crippen molar-refractivity contribution in [2.24, 2.45) is 11.8 Å². The Bertz CT molecular complexity index is 695. The van der Waals surface area contributed by atoms with Gasteiger partial charge in [-0.05, 0) is 55.9 Å². The summed E-state index contributed by atoms with van der Waals surface area (Å²) in [5.74, 6) is 0.179. The molecule has 4 nitrogen and oxygen atoms in total. The molecule has 1 N–H and O–H groups in total. The lowest BCUT2D eigenvalue weighted by Gasteiger charge is -2.34. The molecule has 0 spiro atoms. The standard InChI is InChI=1S/C21H27F3N2O2/c1-14-4-2-3-5-18(14)25-19(27)15-10-12-26(13-11-15)20(28)16-6-8-17(9-7-16)21(22,23)24/h6-9,14-15,18H,2-5,10-13H2,1H3,(H,25,27)/t14-,18+/m0/s1. The minimum atomic E-state index is -4.41. The number of rotatable bonds is 3. The summed E-state index contributed by atoms with van der Waals surface area (Å²) in [7, 11) is 0. The minimum Gasteiger partial charge on any atom is -0.353 e. The Hall–Kier alpha value is -2.05. The molecule has 1 heterocycles. The highest BCUT2D eigenvalue weighted by Crippen LogP contribution is 2.30.